The van der Waals surface area contributed by atoms with Gasteiger partial charge in [0, 0.05) is 42.4 Å². The highest BCUT2D eigenvalue weighted by atomic mass is 35.5. The van der Waals surface area contributed by atoms with Crippen molar-refractivity contribution >= 4 is 28.9 Å². The van der Waals surface area contributed by atoms with Crippen LogP contribution < -0.4 is 10.2 Å². The fourth-order valence-corrected chi connectivity index (χ4v) is 3.68. The predicted molar refractivity (Wildman–Crippen MR) is 109 cm³/mol. The summed E-state index contributed by atoms with van der Waals surface area (Å²) in [6.07, 6.45) is 3.75. The number of nitrogens with zero attached hydrogens (tertiary/aromatic N) is 3. The number of aryl methyl sites for hydroxylation is 2. The molecule has 3 aromatic rings. The minimum Gasteiger partial charge on any atom is -0.378 e. The maximum Gasteiger partial charge on any atom is 0.227 e. The second-order valence-electron chi connectivity index (χ2n) is 6.63. The molecule has 0 bridgehead atoms. The Balaban J connectivity index is 1.56. The molecule has 2 aromatic heterocycles. The number of ether oxygens (including phenoxy) is 1. The van der Waals surface area contributed by atoms with E-state index in [1.807, 2.05) is 37.4 Å². The third-order valence-electron chi connectivity index (χ3n) is 4.74. The molecule has 27 heavy (non-hydrogen) atoms. The standard InChI is InChI=1S/C20H22ClN5O/c1-13-12-23-14(2)19(13)17-5-6-22-20(25-17)24-15-3-4-18(16(21)11-15)26-7-9-27-10-8-26/h3-6,11-12,23H,7-10H2,1-2H3,(H,22,24,25). The van der Waals surface area contributed by atoms with Crippen LogP contribution in [-0.2, 0) is 4.74 Å². The lowest BCUT2D eigenvalue weighted by atomic mass is 10.1. The Morgan fingerprint density at radius 2 is 2.00 bits per heavy atom. The second kappa shape index (κ2) is 7.58. The molecule has 7 heteroatoms. The molecule has 0 aliphatic carbocycles. The van der Waals surface area contributed by atoms with Gasteiger partial charge in [-0.2, -0.15) is 0 Å². The van der Waals surface area contributed by atoms with Crippen molar-refractivity contribution < 1.29 is 4.74 Å². The van der Waals surface area contributed by atoms with Crippen molar-refractivity contribution in [3.05, 3.63) is 52.9 Å². The lowest BCUT2D eigenvalue weighted by molar-refractivity contribution is 0.122. The van der Waals surface area contributed by atoms with E-state index in [4.69, 9.17) is 16.3 Å². The van der Waals surface area contributed by atoms with E-state index in [1.54, 1.807) is 6.20 Å². The Labute approximate surface area is 163 Å². The Kier molecular flexibility index (Phi) is 5.01. The average Bonchev–Trinajstić information content (AvgIpc) is 3.01. The molecule has 4 rings (SSSR count). The first-order valence-corrected chi connectivity index (χ1v) is 9.37. The van der Waals surface area contributed by atoms with Crippen LogP contribution in [0.3, 0.4) is 0 Å². The van der Waals surface area contributed by atoms with Gasteiger partial charge in [0.1, 0.15) is 0 Å². The number of aromatic nitrogens is 3. The molecule has 0 saturated carbocycles. The van der Waals surface area contributed by atoms with Crippen LogP contribution in [0.5, 0.6) is 0 Å². The molecule has 0 amide bonds. The Morgan fingerprint density at radius 1 is 1.19 bits per heavy atom. The highest BCUT2D eigenvalue weighted by Crippen LogP contribution is 2.31. The van der Waals surface area contributed by atoms with Gasteiger partial charge in [0.25, 0.3) is 0 Å². The Hall–Kier alpha value is -2.57. The first-order chi connectivity index (χ1) is 13.1. The summed E-state index contributed by atoms with van der Waals surface area (Å²) in [5.74, 6) is 0.544. The van der Waals surface area contributed by atoms with E-state index >= 15 is 0 Å². The summed E-state index contributed by atoms with van der Waals surface area (Å²) in [6, 6.07) is 7.86. The van der Waals surface area contributed by atoms with Gasteiger partial charge in [-0.15, -0.1) is 0 Å². The quantitative estimate of drug-likeness (QED) is 0.702. The molecule has 1 aromatic carbocycles. The predicted octanol–water partition coefficient (Wildman–Crippen LogP) is 4.32. The third kappa shape index (κ3) is 3.77. The molecule has 0 spiro atoms. The maximum absolute atomic E-state index is 6.52. The molecule has 2 N–H and O–H groups in total. The van der Waals surface area contributed by atoms with Crippen LogP contribution in [0.2, 0.25) is 5.02 Å². The number of aromatic amines is 1. The van der Waals surface area contributed by atoms with E-state index in [9.17, 15) is 0 Å². The molecular formula is C20H22ClN5O. The molecule has 1 saturated heterocycles. The van der Waals surface area contributed by atoms with Crippen molar-refractivity contribution in [1.29, 1.82) is 0 Å². The fraction of sp³-hybridized carbons (Fsp3) is 0.300. The van der Waals surface area contributed by atoms with Crippen LogP contribution in [0, 0.1) is 13.8 Å². The van der Waals surface area contributed by atoms with E-state index in [2.05, 4.69) is 32.1 Å². The van der Waals surface area contributed by atoms with E-state index in [-0.39, 0.29) is 0 Å². The zero-order valence-electron chi connectivity index (χ0n) is 15.4. The van der Waals surface area contributed by atoms with Crippen LogP contribution in [0.1, 0.15) is 11.3 Å². The first-order valence-electron chi connectivity index (χ1n) is 8.99. The summed E-state index contributed by atoms with van der Waals surface area (Å²) in [5.41, 5.74) is 6.14. The number of nitrogens with one attached hydrogen (secondary N) is 2. The van der Waals surface area contributed by atoms with Crippen molar-refractivity contribution in [2.45, 2.75) is 13.8 Å². The van der Waals surface area contributed by atoms with E-state index in [0.29, 0.717) is 11.0 Å². The number of halogens is 1. The van der Waals surface area contributed by atoms with Gasteiger partial charge < -0.3 is 19.9 Å². The smallest absolute Gasteiger partial charge is 0.227 e. The number of benzene rings is 1. The van der Waals surface area contributed by atoms with E-state index < -0.39 is 0 Å². The van der Waals surface area contributed by atoms with E-state index in [0.717, 1.165) is 60.2 Å². The number of hydrogen-bond donors (Lipinski definition) is 2. The summed E-state index contributed by atoms with van der Waals surface area (Å²) in [4.78, 5) is 14.5. The largest absolute Gasteiger partial charge is 0.378 e. The van der Waals surface area contributed by atoms with Crippen molar-refractivity contribution in [3.63, 3.8) is 0 Å². The highest BCUT2D eigenvalue weighted by molar-refractivity contribution is 6.33. The minimum absolute atomic E-state index is 0.544. The SMILES string of the molecule is Cc1c[nH]c(C)c1-c1ccnc(Nc2ccc(N3CCOCC3)c(Cl)c2)n1. The van der Waals surface area contributed by atoms with Gasteiger partial charge in [0.05, 0.1) is 29.6 Å². The van der Waals surface area contributed by atoms with Crippen molar-refractivity contribution in [2.75, 3.05) is 36.5 Å². The van der Waals surface area contributed by atoms with Gasteiger partial charge in [-0.25, -0.2) is 9.97 Å². The van der Waals surface area contributed by atoms with Gasteiger partial charge in [0.15, 0.2) is 0 Å². The zero-order valence-corrected chi connectivity index (χ0v) is 16.2. The lowest BCUT2D eigenvalue weighted by Crippen LogP contribution is -2.36. The molecule has 140 valence electrons. The zero-order chi connectivity index (χ0) is 18.8. The van der Waals surface area contributed by atoms with Crippen LogP contribution in [-0.4, -0.2) is 41.3 Å². The molecular weight excluding hydrogens is 362 g/mol. The Bertz CT molecular complexity index is 930. The van der Waals surface area contributed by atoms with Gasteiger partial charge in [-0.1, -0.05) is 11.6 Å². The maximum atomic E-state index is 6.52. The van der Waals surface area contributed by atoms with Gasteiger partial charge in [0.2, 0.25) is 5.95 Å². The molecule has 0 radical (unpaired) electrons. The highest BCUT2D eigenvalue weighted by Gasteiger charge is 2.15. The second-order valence-corrected chi connectivity index (χ2v) is 7.03. The van der Waals surface area contributed by atoms with Crippen molar-refractivity contribution in [2.24, 2.45) is 0 Å². The Morgan fingerprint density at radius 3 is 2.70 bits per heavy atom. The normalized spacial score (nSPS) is 14.4. The minimum atomic E-state index is 0.544. The van der Waals surface area contributed by atoms with Gasteiger partial charge in [-0.05, 0) is 43.7 Å². The van der Waals surface area contributed by atoms with Crippen LogP contribution >= 0.6 is 11.6 Å². The topological polar surface area (TPSA) is 66.1 Å². The summed E-state index contributed by atoms with van der Waals surface area (Å²) in [7, 11) is 0. The van der Waals surface area contributed by atoms with E-state index in [1.165, 1.54) is 0 Å². The molecule has 3 heterocycles. The number of rotatable bonds is 4. The molecule has 1 aliphatic rings. The molecule has 6 nitrogen and oxygen atoms in total. The molecule has 0 unspecified atom stereocenters. The van der Waals surface area contributed by atoms with Gasteiger partial charge in [-0.3, -0.25) is 0 Å². The lowest BCUT2D eigenvalue weighted by Gasteiger charge is -2.29. The summed E-state index contributed by atoms with van der Waals surface area (Å²) >= 11 is 6.52. The summed E-state index contributed by atoms with van der Waals surface area (Å²) in [5, 5.41) is 3.96. The molecule has 1 aliphatic heterocycles. The average molecular weight is 384 g/mol. The fourth-order valence-electron chi connectivity index (χ4n) is 3.38. The number of morpholine rings is 1. The van der Waals surface area contributed by atoms with Crippen LogP contribution in [0.25, 0.3) is 11.3 Å². The van der Waals surface area contributed by atoms with Crippen LogP contribution in [0.15, 0.2) is 36.7 Å². The van der Waals surface area contributed by atoms with Gasteiger partial charge >= 0.3 is 0 Å². The third-order valence-corrected chi connectivity index (χ3v) is 5.04. The van der Waals surface area contributed by atoms with Crippen molar-refractivity contribution in [3.8, 4) is 11.3 Å². The molecule has 0 atom stereocenters. The first kappa shape index (κ1) is 17.8. The monoisotopic (exact) mass is 383 g/mol. The molecule has 1 fully saturated rings. The number of H-pyrrole nitrogens is 1. The van der Waals surface area contributed by atoms with Crippen molar-refractivity contribution in [1.82, 2.24) is 15.0 Å². The number of hydrogen-bond acceptors (Lipinski definition) is 5. The summed E-state index contributed by atoms with van der Waals surface area (Å²) in [6.45, 7) is 7.28. The van der Waals surface area contributed by atoms with Crippen LogP contribution in [0.4, 0.5) is 17.3 Å². The summed E-state index contributed by atoms with van der Waals surface area (Å²) < 4.78 is 5.41. The number of anilines is 3.